The molecule has 0 heterocycles. The summed E-state index contributed by atoms with van der Waals surface area (Å²) in [5.41, 5.74) is 0. The van der Waals surface area contributed by atoms with Crippen LogP contribution in [-0.2, 0) is 14.8 Å². The van der Waals surface area contributed by atoms with Gasteiger partial charge in [-0.3, -0.25) is 0 Å². The van der Waals surface area contributed by atoms with E-state index in [1.807, 2.05) is 0 Å². The molecule has 1 rings (SSSR count). The Morgan fingerprint density at radius 1 is 1.47 bits per heavy atom. The second-order valence-corrected chi connectivity index (χ2v) is 5.08. The van der Waals surface area contributed by atoms with E-state index in [1.165, 1.54) is 19.2 Å². The van der Waals surface area contributed by atoms with Crippen molar-refractivity contribution in [1.82, 2.24) is 0 Å². The molecule has 0 fully saturated rings. The summed E-state index contributed by atoms with van der Waals surface area (Å²) in [4.78, 5) is -0.290. The lowest BCUT2D eigenvalue weighted by Gasteiger charge is -2.14. The first-order valence-corrected chi connectivity index (χ1v) is 6.37. The predicted molar refractivity (Wildman–Crippen MR) is 59.7 cm³/mol. The molecule has 0 saturated carbocycles. The van der Waals surface area contributed by atoms with Crippen molar-refractivity contribution in [2.75, 3.05) is 13.7 Å². The lowest BCUT2D eigenvalue weighted by atomic mass is 10.3. The fourth-order valence-electron chi connectivity index (χ4n) is 1.24. The van der Waals surface area contributed by atoms with Crippen LogP contribution in [0.15, 0.2) is 23.1 Å². The Hall–Kier alpha value is -1.18. The average Bonchev–Trinajstić information content (AvgIpc) is 2.20. The van der Waals surface area contributed by atoms with E-state index in [9.17, 15) is 12.8 Å². The van der Waals surface area contributed by atoms with Crippen LogP contribution in [0.2, 0.25) is 0 Å². The molecule has 0 saturated heterocycles. The zero-order valence-electron chi connectivity index (χ0n) is 9.51. The predicted octanol–water partition coefficient (Wildman–Crippen LogP) is 0.887. The molecule has 0 aliphatic heterocycles. The summed E-state index contributed by atoms with van der Waals surface area (Å²) in [6, 6.07) is 3.23. The number of ether oxygens (including phenoxy) is 2. The SMILES string of the molecule is COCC(C)Oc1ccc(S(N)(=O)=O)cc1F. The number of hydrogen-bond acceptors (Lipinski definition) is 4. The molecule has 7 heteroatoms. The number of benzene rings is 1. The zero-order valence-corrected chi connectivity index (χ0v) is 10.3. The van der Waals surface area contributed by atoms with E-state index in [2.05, 4.69) is 0 Å². The van der Waals surface area contributed by atoms with Gasteiger partial charge in [0.2, 0.25) is 10.0 Å². The van der Waals surface area contributed by atoms with Crippen molar-refractivity contribution in [2.24, 2.45) is 5.14 Å². The Morgan fingerprint density at radius 3 is 2.59 bits per heavy atom. The van der Waals surface area contributed by atoms with Crippen LogP contribution < -0.4 is 9.88 Å². The average molecular weight is 263 g/mol. The number of rotatable bonds is 5. The lowest BCUT2D eigenvalue weighted by molar-refractivity contribution is 0.0892. The molecule has 0 amide bonds. The van der Waals surface area contributed by atoms with Gasteiger partial charge in [-0.15, -0.1) is 0 Å². The standard InChI is InChI=1S/C10H14FNO4S/c1-7(6-15-2)16-10-4-3-8(5-9(10)11)17(12,13)14/h3-5,7H,6H2,1-2H3,(H2,12,13,14). The third-order valence-electron chi connectivity index (χ3n) is 1.96. The van der Waals surface area contributed by atoms with E-state index >= 15 is 0 Å². The maximum Gasteiger partial charge on any atom is 0.238 e. The molecular weight excluding hydrogens is 249 g/mol. The van der Waals surface area contributed by atoms with Gasteiger partial charge in [-0.2, -0.15) is 0 Å². The molecule has 0 radical (unpaired) electrons. The minimum Gasteiger partial charge on any atom is -0.485 e. The molecule has 1 aromatic rings. The Bertz CT molecular complexity index is 489. The summed E-state index contributed by atoms with van der Waals surface area (Å²) in [6.45, 7) is 2.01. The Kier molecular flexibility index (Phi) is 4.44. The van der Waals surface area contributed by atoms with Gasteiger partial charge >= 0.3 is 0 Å². The van der Waals surface area contributed by atoms with Gasteiger partial charge in [0.15, 0.2) is 11.6 Å². The highest BCUT2D eigenvalue weighted by Crippen LogP contribution is 2.21. The van der Waals surface area contributed by atoms with Gasteiger partial charge in [-0.05, 0) is 25.1 Å². The van der Waals surface area contributed by atoms with Crippen molar-refractivity contribution in [3.05, 3.63) is 24.0 Å². The zero-order chi connectivity index (χ0) is 13.1. The molecule has 0 aliphatic carbocycles. The highest BCUT2D eigenvalue weighted by molar-refractivity contribution is 7.89. The van der Waals surface area contributed by atoms with Gasteiger partial charge in [0.25, 0.3) is 0 Å². The minimum atomic E-state index is -3.90. The monoisotopic (exact) mass is 263 g/mol. The molecule has 2 N–H and O–H groups in total. The summed E-state index contributed by atoms with van der Waals surface area (Å²) >= 11 is 0. The van der Waals surface area contributed by atoms with Crippen LogP contribution in [-0.4, -0.2) is 28.2 Å². The summed E-state index contributed by atoms with van der Waals surface area (Å²) in [5, 5.41) is 4.87. The minimum absolute atomic E-state index is 0.0399. The second kappa shape index (κ2) is 5.44. The first kappa shape index (κ1) is 13.9. The van der Waals surface area contributed by atoms with Gasteiger partial charge in [0.05, 0.1) is 11.5 Å². The third-order valence-corrected chi connectivity index (χ3v) is 2.87. The molecule has 1 atom stereocenters. The molecule has 96 valence electrons. The summed E-state index contributed by atoms with van der Waals surface area (Å²) in [5.74, 6) is -0.818. The first-order chi connectivity index (χ1) is 7.84. The summed E-state index contributed by atoms with van der Waals surface area (Å²) in [7, 11) is -2.40. The normalized spacial score (nSPS) is 13.4. The number of halogens is 1. The van der Waals surface area contributed by atoms with Crippen molar-refractivity contribution in [1.29, 1.82) is 0 Å². The summed E-state index contributed by atoms with van der Waals surface area (Å²) < 4.78 is 45.5. The van der Waals surface area contributed by atoms with E-state index in [0.29, 0.717) is 6.61 Å². The Labute approximate surface area is 99.4 Å². The van der Waals surface area contributed by atoms with Crippen molar-refractivity contribution in [3.63, 3.8) is 0 Å². The van der Waals surface area contributed by atoms with Gasteiger partial charge in [0.1, 0.15) is 6.10 Å². The molecular formula is C10H14FNO4S. The van der Waals surface area contributed by atoms with Crippen molar-refractivity contribution in [2.45, 2.75) is 17.9 Å². The number of sulfonamides is 1. The van der Waals surface area contributed by atoms with E-state index < -0.39 is 15.8 Å². The Morgan fingerprint density at radius 2 is 2.12 bits per heavy atom. The molecule has 0 spiro atoms. The molecule has 17 heavy (non-hydrogen) atoms. The van der Waals surface area contributed by atoms with E-state index in [-0.39, 0.29) is 16.7 Å². The van der Waals surface area contributed by atoms with Gasteiger partial charge < -0.3 is 9.47 Å². The van der Waals surface area contributed by atoms with Gasteiger partial charge in [0, 0.05) is 7.11 Å². The highest BCUT2D eigenvalue weighted by Gasteiger charge is 2.13. The maximum atomic E-state index is 13.5. The van der Waals surface area contributed by atoms with Crippen LogP contribution >= 0.6 is 0 Å². The molecule has 5 nitrogen and oxygen atoms in total. The quantitative estimate of drug-likeness (QED) is 0.855. The highest BCUT2D eigenvalue weighted by atomic mass is 32.2. The maximum absolute atomic E-state index is 13.5. The van der Waals surface area contributed by atoms with Gasteiger partial charge in [-0.1, -0.05) is 0 Å². The summed E-state index contributed by atoms with van der Waals surface area (Å²) in [6.07, 6.45) is -0.338. The Balaban J connectivity index is 2.91. The largest absolute Gasteiger partial charge is 0.485 e. The molecule has 0 aliphatic rings. The van der Waals surface area contributed by atoms with E-state index in [1.54, 1.807) is 6.92 Å². The fraction of sp³-hybridized carbons (Fsp3) is 0.400. The van der Waals surface area contributed by atoms with Crippen LogP contribution in [0.1, 0.15) is 6.92 Å². The van der Waals surface area contributed by atoms with Crippen LogP contribution in [0.3, 0.4) is 0 Å². The lowest BCUT2D eigenvalue weighted by Crippen LogP contribution is -2.19. The molecule has 1 aromatic carbocycles. The fourth-order valence-corrected chi connectivity index (χ4v) is 1.77. The van der Waals surface area contributed by atoms with Crippen molar-refractivity contribution < 1.29 is 22.3 Å². The third kappa shape index (κ3) is 3.95. The van der Waals surface area contributed by atoms with Crippen LogP contribution in [0.4, 0.5) is 4.39 Å². The van der Waals surface area contributed by atoms with Crippen molar-refractivity contribution >= 4 is 10.0 Å². The van der Waals surface area contributed by atoms with Crippen LogP contribution in [0.25, 0.3) is 0 Å². The number of methoxy groups -OCH3 is 1. The number of hydrogen-bond donors (Lipinski definition) is 1. The van der Waals surface area contributed by atoms with Crippen LogP contribution in [0.5, 0.6) is 5.75 Å². The molecule has 0 aromatic heterocycles. The number of nitrogens with two attached hydrogens (primary N) is 1. The van der Waals surface area contributed by atoms with Gasteiger partial charge in [-0.25, -0.2) is 17.9 Å². The first-order valence-electron chi connectivity index (χ1n) is 4.82. The second-order valence-electron chi connectivity index (χ2n) is 3.52. The topological polar surface area (TPSA) is 78.6 Å². The van der Waals surface area contributed by atoms with Crippen LogP contribution in [0, 0.1) is 5.82 Å². The smallest absolute Gasteiger partial charge is 0.238 e. The van der Waals surface area contributed by atoms with E-state index in [4.69, 9.17) is 14.6 Å². The van der Waals surface area contributed by atoms with Crippen molar-refractivity contribution in [3.8, 4) is 5.75 Å². The number of primary sulfonamides is 1. The molecule has 0 bridgehead atoms. The molecule has 1 unspecified atom stereocenters. The van der Waals surface area contributed by atoms with E-state index in [0.717, 1.165) is 6.07 Å².